The van der Waals surface area contributed by atoms with E-state index in [-0.39, 0.29) is 5.60 Å². The van der Waals surface area contributed by atoms with Crippen molar-refractivity contribution in [3.63, 3.8) is 0 Å². The molecular formula is C13H22N4O3. The molecule has 20 heavy (non-hydrogen) atoms. The largest absolute Gasteiger partial charge is 0.378 e. The highest BCUT2D eigenvalue weighted by Gasteiger charge is 2.34. The van der Waals surface area contributed by atoms with Crippen LogP contribution < -0.4 is 10.6 Å². The number of methoxy groups -OCH3 is 2. The summed E-state index contributed by atoms with van der Waals surface area (Å²) in [6.45, 7) is 2.36. The Kier molecular flexibility index (Phi) is 5.11. The number of hydrogen-bond donors (Lipinski definition) is 2. The molecule has 1 atom stereocenters. The van der Waals surface area contributed by atoms with E-state index < -0.39 is 0 Å². The Morgan fingerprint density at radius 2 is 2.15 bits per heavy atom. The average molecular weight is 282 g/mol. The molecule has 1 aliphatic rings. The number of nitrogens with one attached hydrogen (secondary N) is 2. The third-order valence-corrected chi connectivity index (χ3v) is 3.39. The molecule has 0 aromatic carbocycles. The zero-order chi connectivity index (χ0) is 14.4. The Labute approximate surface area is 119 Å². The molecule has 1 aromatic heterocycles. The van der Waals surface area contributed by atoms with Crippen LogP contribution in [0.2, 0.25) is 0 Å². The van der Waals surface area contributed by atoms with Crippen molar-refractivity contribution in [1.29, 1.82) is 0 Å². The first kappa shape index (κ1) is 15.0. The number of anilines is 2. The lowest BCUT2D eigenvalue weighted by atomic mass is 10.0. The fraction of sp³-hybridized carbons (Fsp3) is 0.692. The summed E-state index contributed by atoms with van der Waals surface area (Å²) >= 11 is 0. The monoisotopic (exact) mass is 282 g/mol. The van der Waals surface area contributed by atoms with Crippen LogP contribution in [0.3, 0.4) is 0 Å². The second-order valence-electron chi connectivity index (χ2n) is 4.78. The average Bonchev–Trinajstić information content (AvgIpc) is 2.95. The predicted molar refractivity (Wildman–Crippen MR) is 76.0 cm³/mol. The molecule has 1 saturated heterocycles. The highest BCUT2D eigenvalue weighted by Crippen LogP contribution is 2.23. The van der Waals surface area contributed by atoms with Gasteiger partial charge in [-0.1, -0.05) is 0 Å². The number of aromatic nitrogens is 2. The van der Waals surface area contributed by atoms with E-state index in [1.807, 2.05) is 13.1 Å². The van der Waals surface area contributed by atoms with Crippen molar-refractivity contribution < 1.29 is 14.2 Å². The molecule has 7 heteroatoms. The lowest BCUT2D eigenvalue weighted by Gasteiger charge is -2.26. The highest BCUT2D eigenvalue weighted by molar-refractivity contribution is 5.47. The number of nitrogens with zero attached hydrogens (tertiary/aromatic N) is 2. The molecule has 1 aromatic rings. The van der Waals surface area contributed by atoms with E-state index in [1.165, 1.54) is 0 Å². The summed E-state index contributed by atoms with van der Waals surface area (Å²) in [7, 11) is 5.16. The molecule has 0 bridgehead atoms. The molecule has 1 aliphatic heterocycles. The Balaban J connectivity index is 2.06. The van der Waals surface area contributed by atoms with E-state index in [0.717, 1.165) is 24.7 Å². The minimum atomic E-state index is -0.272. The van der Waals surface area contributed by atoms with Crippen molar-refractivity contribution >= 4 is 11.6 Å². The Bertz CT molecular complexity index is 436. The van der Waals surface area contributed by atoms with Gasteiger partial charge >= 0.3 is 0 Å². The van der Waals surface area contributed by atoms with Gasteiger partial charge < -0.3 is 24.8 Å². The molecule has 112 valence electrons. The zero-order valence-corrected chi connectivity index (χ0v) is 12.2. The first-order valence-corrected chi connectivity index (χ1v) is 6.63. The van der Waals surface area contributed by atoms with Crippen LogP contribution >= 0.6 is 0 Å². The standard InChI is InChI=1S/C13H22N4O3/c1-14-10-6-11(17-12(16-10)7-18-2)15-8-13(19-3)4-5-20-9-13/h6H,4-5,7-9H2,1-3H3,(H2,14,15,16,17). The molecule has 1 unspecified atom stereocenters. The van der Waals surface area contributed by atoms with E-state index in [0.29, 0.717) is 25.6 Å². The van der Waals surface area contributed by atoms with Gasteiger partial charge in [0, 0.05) is 46.9 Å². The van der Waals surface area contributed by atoms with Gasteiger partial charge in [0.25, 0.3) is 0 Å². The molecule has 2 N–H and O–H groups in total. The van der Waals surface area contributed by atoms with E-state index >= 15 is 0 Å². The summed E-state index contributed by atoms with van der Waals surface area (Å²) in [5, 5.41) is 6.32. The van der Waals surface area contributed by atoms with Crippen molar-refractivity contribution in [2.24, 2.45) is 0 Å². The quantitative estimate of drug-likeness (QED) is 0.768. The first-order valence-electron chi connectivity index (χ1n) is 6.63. The van der Waals surface area contributed by atoms with Crippen LogP contribution in [-0.4, -0.2) is 56.6 Å². The molecule has 7 nitrogen and oxygen atoms in total. The van der Waals surface area contributed by atoms with Crippen LogP contribution in [0.5, 0.6) is 0 Å². The Morgan fingerprint density at radius 3 is 2.75 bits per heavy atom. The lowest BCUT2D eigenvalue weighted by molar-refractivity contribution is -0.00626. The van der Waals surface area contributed by atoms with E-state index in [9.17, 15) is 0 Å². The van der Waals surface area contributed by atoms with Crippen LogP contribution in [0.15, 0.2) is 6.07 Å². The van der Waals surface area contributed by atoms with Gasteiger partial charge in [-0.2, -0.15) is 0 Å². The number of hydrogen-bond acceptors (Lipinski definition) is 7. The summed E-state index contributed by atoms with van der Waals surface area (Å²) in [5.74, 6) is 2.14. The molecule has 2 rings (SSSR count). The van der Waals surface area contributed by atoms with Gasteiger partial charge in [-0.3, -0.25) is 0 Å². The first-order chi connectivity index (χ1) is 9.71. The van der Waals surface area contributed by atoms with Gasteiger partial charge in [0.15, 0.2) is 5.82 Å². The minimum Gasteiger partial charge on any atom is -0.378 e. The van der Waals surface area contributed by atoms with E-state index in [1.54, 1.807) is 14.2 Å². The Hall–Kier alpha value is -1.44. The topological polar surface area (TPSA) is 77.5 Å². The molecule has 2 heterocycles. The van der Waals surface area contributed by atoms with Crippen LogP contribution in [0, 0.1) is 0 Å². The SMILES string of the molecule is CNc1cc(NCC2(OC)CCOC2)nc(COC)n1. The van der Waals surface area contributed by atoms with Gasteiger partial charge in [-0.05, 0) is 0 Å². The maximum Gasteiger partial charge on any atom is 0.158 e. The van der Waals surface area contributed by atoms with Crippen LogP contribution in [0.25, 0.3) is 0 Å². The zero-order valence-electron chi connectivity index (χ0n) is 12.2. The molecule has 0 radical (unpaired) electrons. The van der Waals surface area contributed by atoms with Crippen LogP contribution in [0.1, 0.15) is 12.2 Å². The second-order valence-corrected chi connectivity index (χ2v) is 4.78. The Morgan fingerprint density at radius 1 is 1.35 bits per heavy atom. The van der Waals surface area contributed by atoms with Gasteiger partial charge in [0.2, 0.25) is 0 Å². The normalized spacial score (nSPS) is 21.9. The number of rotatable bonds is 7. The molecule has 0 aliphatic carbocycles. The number of ether oxygens (including phenoxy) is 3. The summed E-state index contributed by atoms with van der Waals surface area (Å²) < 4.78 is 16.1. The van der Waals surface area contributed by atoms with Crippen molar-refractivity contribution in [2.45, 2.75) is 18.6 Å². The third-order valence-electron chi connectivity index (χ3n) is 3.39. The smallest absolute Gasteiger partial charge is 0.158 e. The minimum absolute atomic E-state index is 0.272. The molecule has 0 amide bonds. The summed E-state index contributed by atoms with van der Waals surface area (Å²) in [4.78, 5) is 8.73. The molecular weight excluding hydrogens is 260 g/mol. The predicted octanol–water partition coefficient (Wildman–Crippen LogP) is 0.882. The van der Waals surface area contributed by atoms with E-state index in [4.69, 9.17) is 14.2 Å². The van der Waals surface area contributed by atoms with E-state index in [2.05, 4.69) is 20.6 Å². The summed E-state index contributed by atoms with van der Waals surface area (Å²) in [6.07, 6.45) is 0.880. The summed E-state index contributed by atoms with van der Waals surface area (Å²) in [5.41, 5.74) is -0.272. The molecule has 0 spiro atoms. The van der Waals surface area contributed by atoms with Crippen LogP contribution in [0.4, 0.5) is 11.6 Å². The van der Waals surface area contributed by atoms with Gasteiger partial charge in [0.05, 0.1) is 6.61 Å². The van der Waals surface area contributed by atoms with Crippen molar-refractivity contribution in [1.82, 2.24) is 9.97 Å². The maximum absolute atomic E-state index is 5.58. The summed E-state index contributed by atoms with van der Waals surface area (Å²) in [6, 6.07) is 1.86. The molecule has 0 saturated carbocycles. The van der Waals surface area contributed by atoms with Gasteiger partial charge in [-0.15, -0.1) is 0 Å². The van der Waals surface area contributed by atoms with Crippen molar-refractivity contribution in [3.05, 3.63) is 11.9 Å². The second kappa shape index (κ2) is 6.83. The van der Waals surface area contributed by atoms with Crippen molar-refractivity contribution in [2.75, 3.05) is 51.7 Å². The van der Waals surface area contributed by atoms with Gasteiger partial charge in [0.1, 0.15) is 23.8 Å². The fourth-order valence-electron chi connectivity index (χ4n) is 2.12. The van der Waals surface area contributed by atoms with Gasteiger partial charge in [-0.25, -0.2) is 9.97 Å². The third kappa shape index (κ3) is 3.56. The fourth-order valence-corrected chi connectivity index (χ4v) is 2.12. The van der Waals surface area contributed by atoms with Crippen molar-refractivity contribution in [3.8, 4) is 0 Å². The molecule has 1 fully saturated rings. The maximum atomic E-state index is 5.58. The highest BCUT2D eigenvalue weighted by atomic mass is 16.5. The lowest BCUT2D eigenvalue weighted by Crippen LogP contribution is -2.39. The van der Waals surface area contributed by atoms with Crippen LogP contribution in [-0.2, 0) is 20.8 Å².